The van der Waals surface area contributed by atoms with Crippen molar-refractivity contribution in [2.45, 2.75) is 6.61 Å². The first-order valence-corrected chi connectivity index (χ1v) is 7.44. The first kappa shape index (κ1) is 14.2. The van der Waals surface area contributed by atoms with Crippen molar-refractivity contribution in [3.8, 4) is 5.75 Å². The SMILES string of the molecule is Clc1cccc(Cl)c1COc1cccc(C2=NCCN2)c1. The summed E-state index contributed by atoms with van der Waals surface area (Å²) in [5.41, 5.74) is 1.82. The summed E-state index contributed by atoms with van der Waals surface area (Å²) in [7, 11) is 0. The largest absolute Gasteiger partial charge is 0.489 e. The minimum atomic E-state index is 0.335. The lowest BCUT2D eigenvalue weighted by atomic mass is 10.2. The number of aliphatic imine (C=N–C) groups is 1. The molecule has 0 aromatic heterocycles. The van der Waals surface area contributed by atoms with Gasteiger partial charge in [0, 0.05) is 27.7 Å². The van der Waals surface area contributed by atoms with Gasteiger partial charge in [0.1, 0.15) is 18.2 Å². The molecule has 108 valence electrons. The minimum Gasteiger partial charge on any atom is -0.489 e. The molecule has 0 saturated heterocycles. The lowest BCUT2D eigenvalue weighted by Gasteiger charge is -2.10. The summed E-state index contributed by atoms with van der Waals surface area (Å²) in [5, 5.41) is 4.47. The molecule has 0 radical (unpaired) electrons. The van der Waals surface area contributed by atoms with E-state index in [1.165, 1.54) is 0 Å². The molecule has 1 aliphatic heterocycles. The molecule has 0 spiro atoms. The molecule has 5 heteroatoms. The van der Waals surface area contributed by atoms with Crippen molar-refractivity contribution in [1.82, 2.24) is 5.32 Å². The van der Waals surface area contributed by atoms with Crippen LogP contribution in [0, 0.1) is 0 Å². The number of benzene rings is 2. The smallest absolute Gasteiger partial charge is 0.128 e. The van der Waals surface area contributed by atoms with E-state index in [1.54, 1.807) is 12.1 Å². The summed E-state index contributed by atoms with van der Waals surface area (Å²) in [6.07, 6.45) is 0. The van der Waals surface area contributed by atoms with Crippen molar-refractivity contribution in [2.75, 3.05) is 13.1 Å². The fourth-order valence-electron chi connectivity index (χ4n) is 2.15. The van der Waals surface area contributed by atoms with E-state index in [2.05, 4.69) is 10.3 Å². The summed E-state index contributed by atoms with van der Waals surface area (Å²) < 4.78 is 5.80. The number of halogens is 2. The average molecular weight is 321 g/mol. The van der Waals surface area contributed by atoms with Gasteiger partial charge in [0.15, 0.2) is 0 Å². The van der Waals surface area contributed by atoms with Crippen molar-refractivity contribution in [2.24, 2.45) is 4.99 Å². The number of hydrogen-bond acceptors (Lipinski definition) is 3. The molecule has 1 N–H and O–H groups in total. The molecule has 3 nitrogen and oxygen atoms in total. The second-order valence-corrected chi connectivity index (χ2v) is 5.49. The zero-order chi connectivity index (χ0) is 14.7. The number of nitrogens with one attached hydrogen (secondary N) is 1. The highest BCUT2D eigenvalue weighted by Gasteiger charge is 2.10. The van der Waals surface area contributed by atoms with E-state index in [4.69, 9.17) is 27.9 Å². The molecular weight excluding hydrogens is 307 g/mol. The Morgan fingerprint density at radius 1 is 1.10 bits per heavy atom. The Balaban J connectivity index is 1.75. The lowest BCUT2D eigenvalue weighted by molar-refractivity contribution is 0.306. The maximum absolute atomic E-state index is 6.14. The van der Waals surface area contributed by atoms with E-state index in [9.17, 15) is 0 Å². The summed E-state index contributed by atoms with van der Waals surface area (Å²) in [5.74, 6) is 1.68. The van der Waals surface area contributed by atoms with Gasteiger partial charge < -0.3 is 10.1 Å². The lowest BCUT2D eigenvalue weighted by Crippen LogP contribution is -2.19. The molecule has 2 aromatic carbocycles. The third-order valence-electron chi connectivity index (χ3n) is 3.23. The maximum atomic E-state index is 6.14. The van der Waals surface area contributed by atoms with Crippen molar-refractivity contribution in [1.29, 1.82) is 0 Å². The van der Waals surface area contributed by atoms with Crippen LogP contribution in [0.4, 0.5) is 0 Å². The number of rotatable bonds is 4. The maximum Gasteiger partial charge on any atom is 0.128 e. The van der Waals surface area contributed by atoms with Crippen LogP contribution in [0.2, 0.25) is 10.0 Å². The normalized spacial score (nSPS) is 13.7. The van der Waals surface area contributed by atoms with Gasteiger partial charge in [0.25, 0.3) is 0 Å². The number of ether oxygens (including phenoxy) is 1. The van der Waals surface area contributed by atoms with Crippen LogP contribution in [0.3, 0.4) is 0 Å². The third-order valence-corrected chi connectivity index (χ3v) is 3.93. The highest BCUT2D eigenvalue weighted by Crippen LogP contribution is 2.26. The van der Waals surface area contributed by atoms with E-state index in [1.807, 2.05) is 30.3 Å². The molecule has 0 saturated carbocycles. The Morgan fingerprint density at radius 2 is 1.86 bits per heavy atom. The summed E-state index contributed by atoms with van der Waals surface area (Å²) in [6.45, 7) is 2.03. The molecule has 3 rings (SSSR count). The van der Waals surface area contributed by atoms with Gasteiger partial charge in [-0.1, -0.05) is 41.4 Å². The molecule has 0 amide bonds. The van der Waals surface area contributed by atoms with Gasteiger partial charge in [-0.2, -0.15) is 0 Å². The van der Waals surface area contributed by atoms with Gasteiger partial charge >= 0.3 is 0 Å². The van der Waals surface area contributed by atoms with E-state index in [-0.39, 0.29) is 0 Å². The first-order chi connectivity index (χ1) is 10.2. The van der Waals surface area contributed by atoms with Gasteiger partial charge in [-0.25, -0.2) is 0 Å². The minimum absolute atomic E-state index is 0.335. The van der Waals surface area contributed by atoms with Gasteiger partial charge in [-0.3, -0.25) is 4.99 Å². The fraction of sp³-hybridized carbons (Fsp3) is 0.188. The zero-order valence-electron chi connectivity index (χ0n) is 11.3. The van der Waals surface area contributed by atoms with Gasteiger partial charge in [-0.15, -0.1) is 0 Å². The van der Waals surface area contributed by atoms with Crippen LogP contribution < -0.4 is 10.1 Å². The number of amidine groups is 1. The second kappa shape index (κ2) is 6.37. The van der Waals surface area contributed by atoms with E-state index in [0.717, 1.165) is 35.8 Å². The Kier molecular flexibility index (Phi) is 4.32. The first-order valence-electron chi connectivity index (χ1n) is 6.68. The zero-order valence-corrected chi connectivity index (χ0v) is 12.8. The monoisotopic (exact) mass is 320 g/mol. The molecule has 21 heavy (non-hydrogen) atoms. The molecule has 1 aliphatic rings. The Hall–Kier alpha value is -1.71. The number of hydrogen-bond donors (Lipinski definition) is 1. The predicted molar refractivity (Wildman–Crippen MR) is 86.6 cm³/mol. The van der Waals surface area contributed by atoms with Crippen LogP contribution in [0.15, 0.2) is 47.5 Å². The quantitative estimate of drug-likeness (QED) is 0.926. The average Bonchev–Trinajstić information content (AvgIpc) is 3.01. The van der Waals surface area contributed by atoms with Crippen molar-refractivity contribution < 1.29 is 4.74 Å². The van der Waals surface area contributed by atoms with Crippen molar-refractivity contribution in [3.05, 3.63) is 63.6 Å². The third kappa shape index (κ3) is 3.31. The Morgan fingerprint density at radius 3 is 2.57 bits per heavy atom. The number of nitrogens with zero attached hydrogens (tertiary/aromatic N) is 1. The topological polar surface area (TPSA) is 33.6 Å². The van der Waals surface area contributed by atoms with Crippen molar-refractivity contribution in [3.63, 3.8) is 0 Å². The highest BCUT2D eigenvalue weighted by molar-refractivity contribution is 6.35. The second-order valence-electron chi connectivity index (χ2n) is 4.67. The standard InChI is InChI=1S/C16H14Cl2N2O/c17-14-5-2-6-15(18)13(14)10-21-12-4-1-3-11(9-12)16-19-7-8-20-16/h1-6,9H,7-8,10H2,(H,19,20). The van der Waals surface area contributed by atoms with Crippen LogP contribution in [0.5, 0.6) is 5.75 Å². The Labute approximate surface area is 133 Å². The molecule has 0 aliphatic carbocycles. The van der Waals surface area contributed by atoms with E-state index >= 15 is 0 Å². The van der Waals surface area contributed by atoms with Crippen LogP contribution in [0.1, 0.15) is 11.1 Å². The van der Waals surface area contributed by atoms with Crippen LogP contribution >= 0.6 is 23.2 Å². The summed E-state index contributed by atoms with van der Waals surface area (Å²) in [4.78, 5) is 4.40. The van der Waals surface area contributed by atoms with Crippen molar-refractivity contribution >= 4 is 29.0 Å². The van der Waals surface area contributed by atoms with Crippen LogP contribution in [-0.2, 0) is 6.61 Å². The molecule has 0 bridgehead atoms. The van der Waals surface area contributed by atoms with E-state index < -0.39 is 0 Å². The summed E-state index contributed by atoms with van der Waals surface area (Å²) >= 11 is 12.3. The van der Waals surface area contributed by atoms with Crippen LogP contribution in [0.25, 0.3) is 0 Å². The molecule has 2 aromatic rings. The molecular formula is C16H14Cl2N2O. The van der Waals surface area contributed by atoms with Gasteiger partial charge in [0.05, 0.1) is 6.54 Å². The molecule has 0 fully saturated rings. The summed E-state index contributed by atoms with van der Waals surface area (Å²) in [6, 6.07) is 13.2. The van der Waals surface area contributed by atoms with Gasteiger partial charge in [-0.05, 0) is 24.3 Å². The highest BCUT2D eigenvalue weighted by atomic mass is 35.5. The van der Waals surface area contributed by atoms with E-state index in [0.29, 0.717) is 16.7 Å². The van der Waals surface area contributed by atoms with Crippen LogP contribution in [-0.4, -0.2) is 18.9 Å². The fourth-order valence-corrected chi connectivity index (χ4v) is 2.66. The molecule has 1 heterocycles. The molecule has 0 unspecified atom stereocenters. The molecule has 0 atom stereocenters. The van der Waals surface area contributed by atoms with Gasteiger partial charge in [0.2, 0.25) is 0 Å². The predicted octanol–water partition coefficient (Wildman–Crippen LogP) is 3.92. The Bertz CT molecular complexity index is 665.